The second kappa shape index (κ2) is 7.37. The van der Waals surface area contributed by atoms with Gasteiger partial charge in [0, 0.05) is 30.6 Å². The number of hydrogen-bond donors (Lipinski definition) is 2. The SMILES string of the molecule is CC(C)Cn1c(=O)c(C(=O)NCC23CC4CC(C2)N(C)C(C4)C3)c(O)c2ccccc21. The minimum atomic E-state index is -0.449. The van der Waals surface area contributed by atoms with Crippen molar-refractivity contribution in [3.05, 3.63) is 40.2 Å². The van der Waals surface area contributed by atoms with Gasteiger partial charge in [-0.05, 0) is 68.5 Å². The van der Waals surface area contributed by atoms with Crippen LogP contribution in [0, 0.1) is 17.3 Å². The number of carbonyl (C=O) groups excluding carboxylic acids is 1. The molecule has 2 saturated carbocycles. The molecular weight excluding hydrogens is 390 g/mol. The fraction of sp³-hybridized carbons (Fsp3) is 0.600. The number of aromatic nitrogens is 1. The van der Waals surface area contributed by atoms with E-state index in [9.17, 15) is 14.7 Å². The van der Waals surface area contributed by atoms with Gasteiger partial charge in [0.05, 0.1) is 5.52 Å². The number of carbonyl (C=O) groups is 1. The van der Waals surface area contributed by atoms with E-state index in [4.69, 9.17) is 0 Å². The molecule has 4 bridgehead atoms. The largest absolute Gasteiger partial charge is 0.506 e. The van der Waals surface area contributed by atoms with Gasteiger partial charge in [0.25, 0.3) is 11.5 Å². The molecule has 1 amide bonds. The van der Waals surface area contributed by atoms with Gasteiger partial charge in [-0.1, -0.05) is 26.0 Å². The summed E-state index contributed by atoms with van der Waals surface area (Å²) >= 11 is 0. The predicted octanol–water partition coefficient (Wildman–Crippen LogP) is 3.36. The van der Waals surface area contributed by atoms with Gasteiger partial charge in [0.1, 0.15) is 11.3 Å². The molecule has 0 spiro atoms. The lowest BCUT2D eigenvalue weighted by Crippen LogP contribution is -2.62. The van der Waals surface area contributed by atoms with E-state index in [0.717, 1.165) is 25.2 Å². The number of aromatic hydroxyl groups is 1. The topological polar surface area (TPSA) is 74.6 Å². The van der Waals surface area contributed by atoms with Gasteiger partial charge in [0.2, 0.25) is 0 Å². The normalized spacial score (nSPS) is 29.7. The highest BCUT2D eigenvalue weighted by Gasteiger charge is 2.53. The molecule has 2 unspecified atom stereocenters. The molecule has 2 aliphatic heterocycles. The van der Waals surface area contributed by atoms with Crippen LogP contribution < -0.4 is 10.9 Å². The monoisotopic (exact) mass is 423 g/mol. The fourth-order valence-corrected chi connectivity index (χ4v) is 6.69. The maximum absolute atomic E-state index is 13.3. The Hall–Kier alpha value is -2.34. The van der Waals surface area contributed by atoms with Crippen LogP contribution in [0.25, 0.3) is 10.9 Å². The number of fused-ring (bicyclic) bond motifs is 1. The third-order valence-corrected chi connectivity index (χ3v) is 7.97. The molecule has 2 aliphatic carbocycles. The van der Waals surface area contributed by atoms with Crippen LogP contribution in [0.3, 0.4) is 0 Å². The lowest BCUT2D eigenvalue weighted by Gasteiger charge is -2.61. The van der Waals surface area contributed by atoms with Gasteiger partial charge in [-0.25, -0.2) is 0 Å². The first-order valence-electron chi connectivity index (χ1n) is 11.6. The first kappa shape index (κ1) is 20.6. The van der Waals surface area contributed by atoms with Crippen molar-refractivity contribution >= 4 is 16.8 Å². The number of pyridine rings is 1. The van der Waals surface area contributed by atoms with Crippen LogP contribution in [0.2, 0.25) is 0 Å². The average Bonchev–Trinajstić information content (AvgIpc) is 2.73. The number of nitrogens with one attached hydrogen (secondary N) is 1. The third kappa shape index (κ3) is 3.36. The van der Waals surface area contributed by atoms with Gasteiger partial charge < -0.3 is 19.9 Å². The molecule has 6 heteroatoms. The Morgan fingerprint density at radius 3 is 2.55 bits per heavy atom. The molecule has 4 fully saturated rings. The van der Waals surface area contributed by atoms with Crippen LogP contribution in [0.5, 0.6) is 5.75 Å². The summed E-state index contributed by atoms with van der Waals surface area (Å²) in [7, 11) is 2.24. The Kier molecular flexibility index (Phi) is 4.88. The van der Waals surface area contributed by atoms with Gasteiger partial charge in [-0.2, -0.15) is 0 Å². The van der Waals surface area contributed by atoms with E-state index in [-0.39, 0.29) is 22.6 Å². The predicted molar refractivity (Wildman–Crippen MR) is 121 cm³/mol. The molecule has 1 aromatic carbocycles. The van der Waals surface area contributed by atoms with Crippen molar-refractivity contribution in [3.63, 3.8) is 0 Å². The second-order valence-electron chi connectivity index (χ2n) is 10.7. The minimum Gasteiger partial charge on any atom is -0.506 e. The maximum atomic E-state index is 13.3. The van der Waals surface area contributed by atoms with E-state index in [1.54, 1.807) is 10.6 Å². The summed E-state index contributed by atoms with van der Waals surface area (Å²) in [5, 5.41) is 14.5. The Morgan fingerprint density at radius 2 is 1.87 bits per heavy atom. The number of piperidine rings is 2. The molecule has 4 aliphatic rings. The molecule has 2 aromatic rings. The summed E-state index contributed by atoms with van der Waals surface area (Å²) in [6, 6.07) is 8.49. The number of rotatable bonds is 5. The zero-order valence-electron chi connectivity index (χ0n) is 18.7. The van der Waals surface area contributed by atoms with Crippen molar-refractivity contribution < 1.29 is 9.90 Å². The summed E-state index contributed by atoms with van der Waals surface area (Å²) in [5.74, 6) is 0.340. The zero-order chi connectivity index (χ0) is 21.9. The van der Waals surface area contributed by atoms with Crippen LogP contribution in [0.4, 0.5) is 0 Å². The molecule has 0 radical (unpaired) electrons. The van der Waals surface area contributed by atoms with Crippen molar-refractivity contribution in [2.75, 3.05) is 13.6 Å². The van der Waals surface area contributed by atoms with E-state index in [1.807, 2.05) is 32.0 Å². The van der Waals surface area contributed by atoms with Crippen molar-refractivity contribution in [3.8, 4) is 5.75 Å². The van der Waals surface area contributed by atoms with Gasteiger partial charge >= 0.3 is 0 Å². The summed E-state index contributed by atoms with van der Waals surface area (Å²) in [6.45, 7) is 5.16. The number of amides is 1. The van der Waals surface area contributed by atoms with Crippen LogP contribution >= 0.6 is 0 Å². The van der Waals surface area contributed by atoms with Crippen molar-refractivity contribution in [2.24, 2.45) is 17.3 Å². The lowest BCUT2D eigenvalue weighted by molar-refractivity contribution is -0.0941. The van der Waals surface area contributed by atoms with Gasteiger partial charge in [0.15, 0.2) is 0 Å². The van der Waals surface area contributed by atoms with Crippen molar-refractivity contribution in [1.29, 1.82) is 0 Å². The molecule has 2 atom stereocenters. The van der Waals surface area contributed by atoms with E-state index in [1.165, 1.54) is 12.8 Å². The van der Waals surface area contributed by atoms with Crippen molar-refractivity contribution in [1.82, 2.24) is 14.8 Å². The van der Waals surface area contributed by atoms with Crippen LogP contribution in [-0.2, 0) is 6.54 Å². The van der Waals surface area contributed by atoms with Crippen LogP contribution in [0.15, 0.2) is 29.1 Å². The van der Waals surface area contributed by atoms with E-state index in [2.05, 4.69) is 17.3 Å². The molecule has 6 nitrogen and oxygen atoms in total. The van der Waals surface area contributed by atoms with E-state index in [0.29, 0.717) is 36.1 Å². The molecule has 166 valence electrons. The Bertz CT molecular complexity index is 1070. The second-order valence-corrected chi connectivity index (χ2v) is 10.7. The van der Waals surface area contributed by atoms with Crippen LogP contribution in [0.1, 0.15) is 56.3 Å². The summed E-state index contributed by atoms with van der Waals surface area (Å²) in [4.78, 5) is 29.0. The first-order chi connectivity index (χ1) is 14.8. The standard InChI is InChI=1S/C25H33N3O3/c1-15(2)13-28-20-7-5-4-6-19(20)22(29)21(24(28)31)23(30)26-14-25-10-16-8-17(11-25)27(3)18(9-16)12-25/h4-7,15-18,29H,8-14H2,1-3H3,(H,26,30). The molecule has 3 heterocycles. The highest BCUT2D eigenvalue weighted by Crippen LogP contribution is 2.55. The number of benzene rings is 1. The number of para-hydroxylation sites is 1. The fourth-order valence-electron chi connectivity index (χ4n) is 6.69. The molecule has 2 N–H and O–H groups in total. The quantitative estimate of drug-likeness (QED) is 0.773. The maximum Gasteiger partial charge on any atom is 0.267 e. The van der Waals surface area contributed by atoms with Crippen LogP contribution in [-0.4, -0.2) is 46.2 Å². The van der Waals surface area contributed by atoms with Gasteiger partial charge in [-0.3, -0.25) is 9.59 Å². The highest BCUT2D eigenvalue weighted by atomic mass is 16.3. The number of hydrogen-bond acceptors (Lipinski definition) is 4. The Balaban J connectivity index is 1.45. The van der Waals surface area contributed by atoms with E-state index < -0.39 is 11.5 Å². The third-order valence-electron chi connectivity index (χ3n) is 7.97. The highest BCUT2D eigenvalue weighted by molar-refractivity contribution is 6.02. The first-order valence-corrected chi connectivity index (χ1v) is 11.6. The Morgan fingerprint density at radius 1 is 1.19 bits per heavy atom. The molecule has 6 rings (SSSR count). The zero-order valence-corrected chi connectivity index (χ0v) is 18.7. The molecule has 31 heavy (non-hydrogen) atoms. The molecule has 2 saturated heterocycles. The smallest absolute Gasteiger partial charge is 0.267 e. The molecule has 1 aromatic heterocycles. The average molecular weight is 424 g/mol. The van der Waals surface area contributed by atoms with E-state index >= 15 is 0 Å². The van der Waals surface area contributed by atoms with Gasteiger partial charge in [-0.15, -0.1) is 0 Å². The Labute approximate surface area is 183 Å². The van der Waals surface area contributed by atoms with Crippen molar-refractivity contribution in [2.45, 2.75) is 64.6 Å². The summed E-state index contributed by atoms with van der Waals surface area (Å²) in [6.07, 6.45) is 5.92. The number of nitrogens with zero attached hydrogens (tertiary/aromatic N) is 2. The molecular formula is C25H33N3O3. The summed E-state index contributed by atoms with van der Waals surface area (Å²) < 4.78 is 1.63. The summed E-state index contributed by atoms with van der Waals surface area (Å²) in [5.41, 5.74) is 0.260. The minimum absolute atomic E-state index is 0.124. The lowest BCUT2D eigenvalue weighted by atomic mass is 9.55.